The Bertz CT molecular complexity index is 848. The number of fused-ring (bicyclic) bond motifs is 1. The molecule has 1 aliphatic rings. The number of thioether (sulfide) groups is 1. The van der Waals surface area contributed by atoms with Crippen LogP contribution in [0.1, 0.15) is 18.5 Å². The van der Waals surface area contributed by atoms with Crippen molar-refractivity contribution in [3.63, 3.8) is 0 Å². The van der Waals surface area contributed by atoms with E-state index in [4.69, 9.17) is 4.74 Å². The van der Waals surface area contributed by atoms with Gasteiger partial charge >= 0.3 is 0 Å². The Labute approximate surface area is 151 Å². The fourth-order valence-corrected chi connectivity index (χ4v) is 4.00. The third kappa shape index (κ3) is 3.15. The largest absolute Gasteiger partial charge is 0.497 e. The van der Waals surface area contributed by atoms with Gasteiger partial charge in [0.15, 0.2) is 11.0 Å². The molecule has 0 saturated heterocycles. The molecule has 2 aromatic carbocycles. The molecular weight excluding hydrogens is 332 g/mol. The third-order valence-electron chi connectivity index (χ3n) is 4.58. The molecule has 4 rings (SSSR count). The second kappa shape index (κ2) is 6.90. The maximum atomic E-state index is 5.24. The van der Waals surface area contributed by atoms with E-state index in [1.165, 1.54) is 5.56 Å². The van der Waals surface area contributed by atoms with Crippen LogP contribution in [-0.4, -0.2) is 32.7 Å². The van der Waals surface area contributed by atoms with E-state index >= 15 is 0 Å². The molecule has 0 N–H and O–H groups in total. The van der Waals surface area contributed by atoms with Gasteiger partial charge in [-0.1, -0.05) is 42.1 Å². The highest BCUT2D eigenvalue weighted by Crippen LogP contribution is 2.33. The Hall–Kier alpha value is -2.31. The third-order valence-corrected chi connectivity index (χ3v) is 5.60. The van der Waals surface area contributed by atoms with E-state index in [1.54, 1.807) is 18.9 Å². The summed E-state index contributed by atoms with van der Waals surface area (Å²) >= 11 is 1.73. The first-order chi connectivity index (χ1) is 12.3. The second-order valence-electron chi connectivity index (χ2n) is 6.05. The summed E-state index contributed by atoms with van der Waals surface area (Å²) in [6, 6.07) is 18.9. The van der Waals surface area contributed by atoms with Crippen LogP contribution in [0.5, 0.6) is 5.75 Å². The fourth-order valence-electron chi connectivity index (χ4n) is 3.02. The van der Waals surface area contributed by atoms with Gasteiger partial charge in [-0.25, -0.2) is 0 Å². The minimum atomic E-state index is 0.341. The molecule has 25 heavy (non-hydrogen) atoms. The standard InChI is InChI=1S/C19H20N4OS/c1-14(15-6-4-3-5-7-15)22-12-23-18(20-21-19(23)25-13-22)16-8-10-17(24-2)11-9-16/h3-11,14H,12-13H2,1-2H3. The Kier molecular flexibility index (Phi) is 4.46. The zero-order chi connectivity index (χ0) is 17.2. The van der Waals surface area contributed by atoms with Gasteiger partial charge in [0.1, 0.15) is 5.75 Å². The van der Waals surface area contributed by atoms with Gasteiger partial charge in [-0.05, 0) is 36.8 Å². The van der Waals surface area contributed by atoms with Crippen LogP contribution in [-0.2, 0) is 6.67 Å². The number of hydrogen-bond acceptors (Lipinski definition) is 5. The van der Waals surface area contributed by atoms with Crippen LogP contribution >= 0.6 is 11.8 Å². The average Bonchev–Trinajstić information content (AvgIpc) is 3.11. The van der Waals surface area contributed by atoms with Gasteiger partial charge < -0.3 is 4.74 Å². The Morgan fingerprint density at radius 2 is 1.80 bits per heavy atom. The molecule has 0 spiro atoms. The monoisotopic (exact) mass is 352 g/mol. The lowest BCUT2D eigenvalue weighted by molar-refractivity contribution is 0.182. The maximum absolute atomic E-state index is 5.24. The number of rotatable bonds is 4. The molecule has 0 amide bonds. The summed E-state index contributed by atoms with van der Waals surface area (Å²) in [6.07, 6.45) is 0. The summed E-state index contributed by atoms with van der Waals surface area (Å²) in [4.78, 5) is 2.43. The van der Waals surface area contributed by atoms with E-state index in [0.717, 1.165) is 34.8 Å². The summed E-state index contributed by atoms with van der Waals surface area (Å²) < 4.78 is 7.43. The van der Waals surface area contributed by atoms with Crippen molar-refractivity contribution in [3.05, 3.63) is 60.2 Å². The first-order valence-electron chi connectivity index (χ1n) is 8.25. The van der Waals surface area contributed by atoms with Crippen molar-refractivity contribution in [1.82, 2.24) is 19.7 Å². The summed E-state index contributed by atoms with van der Waals surface area (Å²) in [5.74, 6) is 2.66. The predicted molar refractivity (Wildman–Crippen MR) is 99.4 cm³/mol. The Morgan fingerprint density at radius 1 is 1.04 bits per heavy atom. The SMILES string of the molecule is COc1ccc(-c2nnc3n2CN(C(C)c2ccccc2)CS3)cc1. The molecule has 1 unspecified atom stereocenters. The van der Waals surface area contributed by atoms with Gasteiger partial charge in [0.2, 0.25) is 0 Å². The number of ether oxygens (including phenoxy) is 1. The number of benzene rings is 2. The van der Waals surface area contributed by atoms with Gasteiger partial charge in [0.25, 0.3) is 0 Å². The predicted octanol–water partition coefficient (Wildman–Crippen LogP) is 4.04. The summed E-state index contributed by atoms with van der Waals surface area (Å²) in [5, 5.41) is 9.75. The maximum Gasteiger partial charge on any atom is 0.193 e. The summed E-state index contributed by atoms with van der Waals surface area (Å²) in [7, 11) is 1.67. The molecule has 0 aliphatic carbocycles. The second-order valence-corrected chi connectivity index (χ2v) is 6.97. The van der Waals surface area contributed by atoms with E-state index < -0.39 is 0 Å². The van der Waals surface area contributed by atoms with Crippen molar-refractivity contribution in [2.45, 2.75) is 24.8 Å². The van der Waals surface area contributed by atoms with Gasteiger partial charge in [-0.15, -0.1) is 10.2 Å². The molecule has 5 nitrogen and oxygen atoms in total. The first kappa shape index (κ1) is 16.2. The minimum Gasteiger partial charge on any atom is -0.497 e. The van der Waals surface area contributed by atoms with Gasteiger partial charge in [0, 0.05) is 11.6 Å². The molecule has 1 aromatic heterocycles. The number of methoxy groups -OCH3 is 1. The Balaban J connectivity index is 1.61. The van der Waals surface area contributed by atoms with Crippen molar-refractivity contribution in [3.8, 4) is 17.1 Å². The normalized spacial score (nSPS) is 15.6. The molecule has 1 atom stereocenters. The number of aromatic nitrogens is 3. The van der Waals surface area contributed by atoms with Crippen molar-refractivity contribution in [1.29, 1.82) is 0 Å². The number of nitrogens with zero attached hydrogens (tertiary/aromatic N) is 4. The van der Waals surface area contributed by atoms with Crippen molar-refractivity contribution < 1.29 is 4.74 Å². The van der Waals surface area contributed by atoms with E-state index in [1.807, 2.05) is 24.3 Å². The summed E-state index contributed by atoms with van der Waals surface area (Å²) in [5.41, 5.74) is 2.37. The van der Waals surface area contributed by atoms with Gasteiger partial charge in [0.05, 0.1) is 19.7 Å². The van der Waals surface area contributed by atoms with E-state index in [9.17, 15) is 0 Å². The topological polar surface area (TPSA) is 43.2 Å². The highest BCUT2D eigenvalue weighted by atomic mass is 32.2. The smallest absolute Gasteiger partial charge is 0.193 e. The van der Waals surface area contributed by atoms with Crippen LogP contribution in [0.4, 0.5) is 0 Å². The van der Waals surface area contributed by atoms with Crippen molar-refractivity contribution >= 4 is 11.8 Å². The van der Waals surface area contributed by atoms with Crippen LogP contribution in [0.3, 0.4) is 0 Å². The Morgan fingerprint density at radius 3 is 2.52 bits per heavy atom. The zero-order valence-electron chi connectivity index (χ0n) is 14.3. The highest BCUT2D eigenvalue weighted by Gasteiger charge is 2.26. The highest BCUT2D eigenvalue weighted by molar-refractivity contribution is 7.99. The van der Waals surface area contributed by atoms with Gasteiger partial charge in [-0.3, -0.25) is 9.47 Å². The van der Waals surface area contributed by atoms with Crippen LogP contribution in [0.25, 0.3) is 11.4 Å². The summed E-state index contributed by atoms with van der Waals surface area (Å²) in [6.45, 7) is 3.03. The molecule has 2 heterocycles. The van der Waals surface area contributed by atoms with Crippen molar-refractivity contribution in [2.24, 2.45) is 0 Å². The van der Waals surface area contributed by atoms with Crippen LogP contribution in [0, 0.1) is 0 Å². The zero-order valence-corrected chi connectivity index (χ0v) is 15.1. The molecular formula is C19H20N4OS. The average molecular weight is 352 g/mol. The van der Waals surface area contributed by atoms with Crippen molar-refractivity contribution in [2.75, 3.05) is 13.0 Å². The molecule has 0 radical (unpaired) electrons. The fraction of sp³-hybridized carbons (Fsp3) is 0.263. The van der Waals surface area contributed by atoms with E-state index in [2.05, 4.69) is 56.9 Å². The molecule has 1 aliphatic heterocycles. The first-order valence-corrected chi connectivity index (χ1v) is 9.24. The molecule has 0 bridgehead atoms. The lowest BCUT2D eigenvalue weighted by Crippen LogP contribution is -2.33. The molecule has 128 valence electrons. The van der Waals surface area contributed by atoms with E-state index in [-0.39, 0.29) is 0 Å². The van der Waals surface area contributed by atoms with Crippen LogP contribution in [0.2, 0.25) is 0 Å². The lowest BCUT2D eigenvalue weighted by atomic mass is 10.1. The minimum absolute atomic E-state index is 0.341. The van der Waals surface area contributed by atoms with Crippen LogP contribution < -0.4 is 4.74 Å². The van der Waals surface area contributed by atoms with E-state index in [0.29, 0.717) is 6.04 Å². The molecule has 0 fully saturated rings. The van der Waals surface area contributed by atoms with Gasteiger partial charge in [-0.2, -0.15) is 0 Å². The lowest BCUT2D eigenvalue weighted by Gasteiger charge is -2.33. The molecule has 6 heteroatoms. The van der Waals surface area contributed by atoms with Crippen LogP contribution in [0.15, 0.2) is 59.8 Å². The quantitative estimate of drug-likeness (QED) is 0.709. The molecule has 3 aromatic rings. The molecule has 0 saturated carbocycles. The number of hydrogen-bond donors (Lipinski definition) is 0.